The Bertz CT molecular complexity index is 193. The van der Waals surface area contributed by atoms with E-state index in [9.17, 15) is 4.79 Å². The van der Waals surface area contributed by atoms with Crippen LogP contribution in [-0.4, -0.2) is 38.3 Å². The number of rotatable bonds is 11. The summed E-state index contributed by atoms with van der Waals surface area (Å²) in [6, 6.07) is 0.545. The third-order valence-corrected chi connectivity index (χ3v) is 2.37. The number of carbonyl (C=O) groups is 1. The van der Waals surface area contributed by atoms with Crippen LogP contribution in [0.15, 0.2) is 0 Å². The van der Waals surface area contributed by atoms with E-state index >= 15 is 0 Å². The quantitative estimate of drug-likeness (QED) is 0.551. The predicted octanol–water partition coefficient (Wildman–Crippen LogP) is 2.19. The van der Waals surface area contributed by atoms with Gasteiger partial charge in [-0.1, -0.05) is 13.8 Å². The lowest BCUT2D eigenvalue weighted by molar-refractivity contribution is -0.121. The highest BCUT2D eigenvalue weighted by atomic mass is 16.5. The average Bonchev–Trinajstić information content (AvgIpc) is 2.29. The highest BCUT2D eigenvalue weighted by molar-refractivity contribution is 5.75. The molecule has 0 aliphatic heterocycles. The molecule has 0 saturated carbocycles. The van der Waals surface area contributed by atoms with E-state index in [2.05, 4.69) is 24.5 Å². The summed E-state index contributed by atoms with van der Waals surface area (Å²) in [6.45, 7) is 9.46. The van der Waals surface area contributed by atoms with Crippen LogP contribution in [0, 0.1) is 0 Å². The number of carbonyl (C=O) groups excluding carboxylic acids is 1. The molecule has 1 amide bonds. The van der Waals surface area contributed by atoms with Crippen molar-refractivity contribution in [3.63, 3.8) is 0 Å². The number of ether oxygens (including phenoxy) is 1. The van der Waals surface area contributed by atoms with Crippen molar-refractivity contribution in [1.29, 1.82) is 0 Å². The molecule has 0 bridgehead atoms. The molecular formula is C13H32N2O2. The van der Waals surface area contributed by atoms with Crippen LogP contribution in [0.4, 0.5) is 0 Å². The summed E-state index contributed by atoms with van der Waals surface area (Å²) in [7, 11) is 0. The summed E-state index contributed by atoms with van der Waals surface area (Å²) in [5.41, 5.74) is 0. The van der Waals surface area contributed by atoms with Gasteiger partial charge in [0.25, 0.3) is 0 Å². The first-order valence-corrected chi connectivity index (χ1v) is 6.74. The predicted molar refractivity (Wildman–Crippen MR) is 75.3 cm³/mol. The van der Waals surface area contributed by atoms with Crippen molar-refractivity contribution in [3.8, 4) is 0 Å². The standard InChI is InChI=1S/C13H28N2O2.2H2/c1-4-17-11-7-8-13(16)15-10-6-5-9-14-12(2)3;;/h12,14H,4-11H2,1-3H3,(H,15,16);2*1H. The molecule has 0 spiro atoms. The summed E-state index contributed by atoms with van der Waals surface area (Å²) in [5.74, 6) is 0.140. The molecule has 0 atom stereocenters. The lowest BCUT2D eigenvalue weighted by Crippen LogP contribution is -2.27. The Labute approximate surface area is 108 Å². The minimum Gasteiger partial charge on any atom is -0.382 e. The van der Waals surface area contributed by atoms with E-state index in [0.717, 1.165) is 39.0 Å². The molecule has 0 fully saturated rings. The lowest BCUT2D eigenvalue weighted by Gasteiger charge is -2.08. The van der Waals surface area contributed by atoms with Gasteiger partial charge in [-0.2, -0.15) is 0 Å². The Morgan fingerprint density at radius 1 is 1.24 bits per heavy atom. The molecule has 0 aromatic carbocycles. The molecule has 0 aromatic rings. The van der Waals surface area contributed by atoms with E-state index < -0.39 is 0 Å². The minimum absolute atomic E-state index is 0. The first-order valence-electron chi connectivity index (χ1n) is 6.74. The molecule has 4 heteroatoms. The maximum absolute atomic E-state index is 11.4. The second-order valence-corrected chi connectivity index (χ2v) is 4.47. The Morgan fingerprint density at radius 2 is 1.94 bits per heavy atom. The Kier molecular flexibility index (Phi) is 11.4. The summed E-state index contributed by atoms with van der Waals surface area (Å²) < 4.78 is 5.18. The van der Waals surface area contributed by atoms with E-state index in [0.29, 0.717) is 19.1 Å². The third kappa shape index (κ3) is 13.3. The highest BCUT2D eigenvalue weighted by Gasteiger charge is 2.00. The Balaban J connectivity index is -0.00000128. The molecule has 4 nitrogen and oxygen atoms in total. The Hall–Kier alpha value is -0.610. The van der Waals surface area contributed by atoms with Gasteiger partial charge in [0.2, 0.25) is 5.91 Å². The largest absolute Gasteiger partial charge is 0.382 e. The van der Waals surface area contributed by atoms with E-state index in [4.69, 9.17) is 4.74 Å². The van der Waals surface area contributed by atoms with Crippen molar-refractivity contribution < 1.29 is 12.4 Å². The summed E-state index contributed by atoms with van der Waals surface area (Å²) in [5, 5.41) is 6.28. The molecule has 106 valence electrons. The van der Waals surface area contributed by atoms with Crippen molar-refractivity contribution in [1.82, 2.24) is 10.6 Å². The van der Waals surface area contributed by atoms with Gasteiger partial charge in [-0.05, 0) is 32.7 Å². The second kappa shape index (κ2) is 11.9. The smallest absolute Gasteiger partial charge is 0.220 e. The first kappa shape index (κ1) is 16.4. The number of hydrogen-bond donors (Lipinski definition) is 2. The van der Waals surface area contributed by atoms with E-state index in [1.54, 1.807) is 0 Å². The van der Waals surface area contributed by atoms with Gasteiger partial charge in [0.15, 0.2) is 0 Å². The normalized spacial score (nSPS) is 10.8. The third-order valence-electron chi connectivity index (χ3n) is 2.37. The number of nitrogens with one attached hydrogen (secondary N) is 2. The van der Waals surface area contributed by atoms with Crippen LogP contribution in [0.3, 0.4) is 0 Å². The highest BCUT2D eigenvalue weighted by Crippen LogP contribution is 1.91. The fraction of sp³-hybridized carbons (Fsp3) is 0.923. The van der Waals surface area contributed by atoms with Gasteiger partial charge in [0.05, 0.1) is 0 Å². The van der Waals surface area contributed by atoms with E-state index in [1.807, 2.05) is 6.92 Å². The fourth-order valence-electron chi connectivity index (χ4n) is 1.44. The molecule has 0 aliphatic carbocycles. The maximum atomic E-state index is 11.4. The van der Waals surface area contributed by atoms with Gasteiger partial charge in [-0.3, -0.25) is 4.79 Å². The van der Waals surface area contributed by atoms with Crippen LogP contribution in [0.1, 0.15) is 49.3 Å². The van der Waals surface area contributed by atoms with Crippen LogP contribution < -0.4 is 10.6 Å². The van der Waals surface area contributed by atoms with Gasteiger partial charge in [-0.25, -0.2) is 0 Å². The van der Waals surface area contributed by atoms with Crippen LogP contribution in [0.25, 0.3) is 0 Å². The van der Waals surface area contributed by atoms with Crippen LogP contribution >= 0.6 is 0 Å². The molecular weight excluding hydrogens is 216 g/mol. The van der Waals surface area contributed by atoms with Crippen molar-refractivity contribution in [2.75, 3.05) is 26.3 Å². The zero-order valence-electron chi connectivity index (χ0n) is 11.6. The average molecular weight is 248 g/mol. The topological polar surface area (TPSA) is 50.4 Å². The zero-order valence-corrected chi connectivity index (χ0v) is 11.6. The van der Waals surface area contributed by atoms with Crippen LogP contribution in [-0.2, 0) is 9.53 Å². The molecule has 0 aromatic heterocycles. The lowest BCUT2D eigenvalue weighted by atomic mass is 10.2. The molecule has 0 rings (SSSR count). The number of hydrogen-bond acceptors (Lipinski definition) is 3. The van der Waals surface area contributed by atoms with Crippen molar-refractivity contribution in [3.05, 3.63) is 0 Å². The van der Waals surface area contributed by atoms with E-state index in [-0.39, 0.29) is 8.76 Å². The monoisotopic (exact) mass is 248 g/mol. The molecule has 0 heterocycles. The van der Waals surface area contributed by atoms with Gasteiger partial charge >= 0.3 is 0 Å². The number of unbranched alkanes of at least 4 members (excludes halogenated alkanes) is 1. The van der Waals surface area contributed by atoms with Gasteiger partial charge in [0.1, 0.15) is 0 Å². The summed E-state index contributed by atoms with van der Waals surface area (Å²) in [4.78, 5) is 11.4. The Morgan fingerprint density at radius 3 is 2.59 bits per heavy atom. The van der Waals surface area contributed by atoms with E-state index in [1.165, 1.54) is 0 Å². The molecule has 17 heavy (non-hydrogen) atoms. The van der Waals surface area contributed by atoms with Crippen molar-refractivity contribution >= 4 is 5.91 Å². The van der Waals surface area contributed by atoms with Crippen molar-refractivity contribution in [2.24, 2.45) is 0 Å². The molecule has 2 N–H and O–H groups in total. The molecule has 0 saturated heterocycles. The minimum atomic E-state index is 0. The molecule has 0 aliphatic rings. The maximum Gasteiger partial charge on any atom is 0.220 e. The SMILES string of the molecule is CCOCCCC(=O)NCCCCNC(C)C.[HH].[HH]. The molecule has 0 unspecified atom stereocenters. The zero-order chi connectivity index (χ0) is 12.9. The summed E-state index contributed by atoms with van der Waals surface area (Å²) >= 11 is 0. The van der Waals surface area contributed by atoms with Crippen LogP contribution in [0.5, 0.6) is 0 Å². The summed E-state index contributed by atoms with van der Waals surface area (Å²) in [6.07, 6.45) is 3.53. The van der Waals surface area contributed by atoms with Gasteiger partial charge in [0, 0.05) is 35.1 Å². The van der Waals surface area contributed by atoms with Gasteiger partial charge < -0.3 is 15.4 Å². The van der Waals surface area contributed by atoms with Crippen molar-refractivity contribution in [2.45, 2.75) is 52.5 Å². The van der Waals surface area contributed by atoms with Crippen LogP contribution in [0.2, 0.25) is 0 Å². The first-order chi connectivity index (χ1) is 8.16. The molecule has 0 radical (unpaired) electrons. The fourth-order valence-corrected chi connectivity index (χ4v) is 1.44. The second-order valence-electron chi connectivity index (χ2n) is 4.47. The van der Waals surface area contributed by atoms with Gasteiger partial charge in [-0.15, -0.1) is 0 Å². The number of amides is 1.